The highest BCUT2D eigenvalue weighted by Gasteiger charge is 2.38. The number of fused-ring (bicyclic) bond motifs is 2. The van der Waals surface area contributed by atoms with Gasteiger partial charge in [-0.25, -0.2) is 0 Å². The van der Waals surface area contributed by atoms with Gasteiger partial charge in [0.15, 0.2) is 0 Å². The van der Waals surface area contributed by atoms with Gasteiger partial charge in [0.2, 0.25) is 0 Å². The van der Waals surface area contributed by atoms with E-state index in [1.54, 1.807) is 0 Å². The summed E-state index contributed by atoms with van der Waals surface area (Å²) in [6.45, 7) is 4.00. The third-order valence-electron chi connectivity index (χ3n) is 4.39. The van der Waals surface area contributed by atoms with Crippen LogP contribution in [0.5, 0.6) is 0 Å². The third kappa shape index (κ3) is 1.70. The van der Waals surface area contributed by atoms with Crippen LogP contribution in [-0.2, 0) is 0 Å². The molecule has 2 unspecified atom stereocenters. The smallest absolute Gasteiger partial charge is 0.0195 e. The number of likely N-dealkylation sites (tertiary alicyclic amines) is 1. The number of hydrogen-bond donors (Lipinski definition) is 1. The molecule has 2 heteroatoms. The van der Waals surface area contributed by atoms with Crippen LogP contribution in [0.3, 0.4) is 0 Å². The molecule has 0 aromatic rings. The number of rotatable bonds is 2. The Labute approximate surface area is 87.0 Å². The molecule has 1 N–H and O–H groups in total. The van der Waals surface area contributed by atoms with E-state index in [1.165, 1.54) is 58.2 Å². The summed E-state index contributed by atoms with van der Waals surface area (Å²) in [5.74, 6) is 1.06. The van der Waals surface area contributed by atoms with Crippen molar-refractivity contribution in [3.8, 4) is 0 Å². The fraction of sp³-hybridized carbons (Fsp3) is 1.00. The molecule has 2 nitrogen and oxygen atoms in total. The summed E-state index contributed by atoms with van der Waals surface area (Å²) in [5.41, 5.74) is 0. The maximum absolute atomic E-state index is 3.66. The quantitative estimate of drug-likeness (QED) is 0.718. The number of nitrogens with one attached hydrogen (secondary N) is 1. The summed E-state index contributed by atoms with van der Waals surface area (Å²) in [7, 11) is 0. The zero-order chi connectivity index (χ0) is 9.38. The lowest BCUT2D eigenvalue weighted by atomic mass is 10.0. The minimum Gasteiger partial charge on any atom is -0.313 e. The molecule has 1 aliphatic carbocycles. The van der Waals surface area contributed by atoms with Crippen LogP contribution in [-0.4, -0.2) is 36.6 Å². The molecule has 1 saturated carbocycles. The Hall–Kier alpha value is -0.0800. The van der Waals surface area contributed by atoms with Crippen molar-refractivity contribution in [1.29, 1.82) is 0 Å². The lowest BCUT2D eigenvalue weighted by molar-refractivity contribution is 0.180. The van der Waals surface area contributed by atoms with Crippen LogP contribution in [0.15, 0.2) is 0 Å². The summed E-state index contributed by atoms with van der Waals surface area (Å²) in [6, 6.07) is 1.77. The highest BCUT2D eigenvalue weighted by Crippen LogP contribution is 2.37. The molecule has 2 saturated heterocycles. The molecule has 80 valence electrons. The second-order valence-corrected chi connectivity index (χ2v) is 5.43. The minimum absolute atomic E-state index is 0.808. The predicted molar refractivity (Wildman–Crippen MR) is 58.3 cm³/mol. The SMILES string of the molecule is C1CC[C@H](CN2CC3CCC2C3)NC1. The van der Waals surface area contributed by atoms with Crippen molar-refractivity contribution in [2.75, 3.05) is 19.6 Å². The van der Waals surface area contributed by atoms with Gasteiger partial charge in [-0.3, -0.25) is 4.90 Å². The lowest BCUT2D eigenvalue weighted by Gasteiger charge is -2.33. The molecule has 0 amide bonds. The van der Waals surface area contributed by atoms with E-state index in [-0.39, 0.29) is 0 Å². The molecule has 0 radical (unpaired) electrons. The van der Waals surface area contributed by atoms with Gasteiger partial charge in [0, 0.05) is 25.2 Å². The second-order valence-electron chi connectivity index (χ2n) is 5.43. The molecule has 0 aromatic heterocycles. The van der Waals surface area contributed by atoms with Crippen molar-refractivity contribution in [3.63, 3.8) is 0 Å². The first kappa shape index (κ1) is 9.17. The molecule has 3 atom stereocenters. The molecule has 2 aliphatic heterocycles. The zero-order valence-corrected chi connectivity index (χ0v) is 9.04. The molecule has 0 spiro atoms. The number of piperidine rings is 2. The van der Waals surface area contributed by atoms with Crippen molar-refractivity contribution in [3.05, 3.63) is 0 Å². The van der Waals surface area contributed by atoms with Gasteiger partial charge in [0.25, 0.3) is 0 Å². The van der Waals surface area contributed by atoms with E-state index in [9.17, 15) is 0 Å². The summed E-state index contributed by atoms with van der Waals surface area (Å²) in [5, 5.41) is 3.66. The van der Waals surface area contributed by atoms with E-state index in [0.29, 0.717) is 0 Å². The van der Waals surface area contributed by atoms with E-state index >= 15 is 0 Å². The molecular weight excluding hydrogens is 172 g/mol. The van der Waals surface area contributed by atoms with Crippen molar-refractivity contribution in [2.45, 2.75) is 50.6 Å². The van der Waals surface area contributed by atoms with Crippen LogP contribution < -0.4 is 5.32 Å². The van der Waals surface area contributed by atoms with Gasteiger partial charge in [-0.05, 0) is 44.6 Å². The lowest BCUT2D eigenvalue weighted by Crippen LogP contribution is -2.46. The first-order valence-electron chi connectivity index (χ1n) is 6.39. The van der Waals surface area contributed by atoms with E-state index < -0.39 is 0 Å². The number of hydrogen-bond acceptors (Lipinski definition) is 2. The summed E-state index contributed by atoms with van der Waals surface area (Å²) < 4.78 is 0. The summed E-state index contributed by atoms with van der Waals surface area (Å²) >= 11 is 0. The van der Waals surface area contributed by atoms with E-state index in [0.717, 1.165) is 18.0 Å². The third-order valence-corrected chi connectivity index (χ3v) is 4.39. The average Bonchev–Trinajstić information content (AvgIpc) is 2.81. The summed E-state index contributed by atoms with van der Waals surface area (Å²) in [6.07, 6.45) is 8.75. The van der Waals surface area contributed by atoms with Crippen molar-refractivity contribution in [1.82, 2.24) is 10.2 Å². The molecule has 14 heavy (non-hydrogen) atoms. The van der Waals surface area contributed by atoms with Crippen LogP contribution >= 0.6 is 0 Å². The largest absolute Gasteiger partial charge is 0.313 e. The van der Waals surface area contributed by atoms with Crippen molar-refractivity contribution < 1.29 is 0 Å². The predicted octanol–water partition coefficient (Wildman–Crippen LogP) is 1.61. The maximum Gasteiger partial charge on any atom is 0.0195 e. The van der Waals surface area contributed by atoms with Gasteiger partial charge in [-0.2, -0.15) is 0 Å². The first-order chi connectivity index (χ1) is 6.92. The average molecular weight is 194 g/mol. The van der Waals surface area contributed by atoms with E-state index in [2.05, 4.69) is 10.2 Å². The van der Waals surface area contributed by atoms with Crippen molar-refractivity contribution in [2.24, 2.45) is 5.92 Å². The first-order valence-corrected chi connectivity index (χ1v) is 6.39. The standard InChI is InChI=1S/C12H22N2/c1-2-6-13-11(3-1)9-14-8-10-4-5-12(14)7-10/h10-13H,1-9H2/t10?,11-,12?/m1/s1. The van der Waals surface area contributed by atoms with Gasteiger partial charge in [-0.1, -0.05) is 6.42 Å². The van der Waals surface area contributed by atoms with Gasteiger partial charge >= 0.3 is 0 Å². The molecule has 2 bridgehead atoms. The fourth-order valence-electron chi connectivity index (χ4n) is 3.61. The Balaban J connectivity index is 1.52. The highest BCUT2D eigenvalue weighted by molar-refractivity contribution is 4.93. The van der Waals surface area contributed by atoms with Crippen LogP contribution in [0.1, 0.15) is 38.5 Å². The molecule has 3 fully saturated rings. The second kappa shape index (κ2) is 3.82. The molecular formula is C12H22N2. The molecule has 3 aliphatic rings. The highest BCUT2D eigenvalue weighted by atomic mass is 15.2. The van der Waals surface area contributed by atoms with Crippen LogP contribution in [0.2, 0.25) is 0 Å². The number of nitrogens with zero attached hydrogens (tertiary/aromatic N) is 1. The Bertz CT molecular complexity index is 198. The van der Waals surface area contributed by atoms with Crippen LogP contribution in [0.25, 0.3) is 0 Å². The normalized spacial score (nSPS) is 43.3. The van der Waals surface area contributed by atoms with Gasteiger partial charge in [0.1, 0.15) is 0 Å². The van der Waals surface area contributed by atoms with Gasteiger partial charge in [0.05, 0.1) is 0 Å². The minimum atomic E-state index is 0.808. The van der Waals surface area contributed by atoms with Crippen LogP contribution in [0, 0.1) is 5.92 Å². The Kier molecular flexibility index (Phi) is 2.50. The zero-order valence-electron chi connectivity index (χ0n) is 9.04. The van der Waals surface area contributed by atoms with E-state index in [4.69, 9.17) is 0 Å². The molecule has 3 rings (SSSR count). The molecule has 2 heterocycles. The maximum atomic E-state index is 3.66. The monoisotopic (exact) mass is 194 g/mol. The van der Waals surface area contributed by atoms with Gasteiger partial charge in [-0.15, -0.1) is 0 Å². The fourth-order valence-corrected chi connectivity index (χ4v) is 3.61. The summed E-state index contributed by atoms with van der Waals surface area (Å²) in [4.78, 5) is 2.76. The molecule has 0 aromatic carbocycles. The topological polar surface area (TPSA) is 15.3 Å². The Morgan fingerprint density at radius 2 is 2.14 bits per heavy atom. The van der Waals surface area contributed by atoms with E-state index in [1.807, 2.05) is 0 Å². The van der Waals surface area contributed by atoms with Crippen LogP contribution in [0.4, 0.5) is 0 Å². The Morgan fingerprint density at radius 1 is 1.14 bits per heavy atom. The Morgan fingerprint density at radius 3 is 2.79 bits per heavy atom. The van der Waals surface area contributed by atoms with Gasteiger partial charge < -0.3 is 5.32 Å². The van der Waals surface area contributed by atoms with Crippen molar-refractivity contribution >= 4 is 0 Å².